The number of ether oxygens (including phenoxy) is 1. The monoisotopic (exact) mass is 207 g/mol. The van der Waals surface area contributed by atoms with Gasteiger partial charge >= 0.3 is 0 Å². The van der Waals surface area contributed by atoms with E-state index in [4.69, 9.17) is 4.74 Å². The lowest BCUT2D eigenvalue weighted by molar-refractivity contribution is 0.305. The van der Waals surface area contributed by atoms with Crippen LogP contribution in [0.25, 0.3) is 0 Å². The molecular weight excluding hydrogens is 190 g/mol. The summed E-state index contributed by atoms with van der Waals surface area (Å²) in [6.07, 6.45) is 4.95. The van der Waals surface area contributed by atoms with Gasteiger partial charge in [-0.05, 0) is 26.2 Å². The summed E-state index contributed by atoms with van der Waals surface area (Å²) in [5, 5.41) is 3.38. The highest BCUT2D eigenvalue weighted by Crippen LogP contribution is 2.37. The molecule has 0 radical (unpaired) electrons. The van der Waals surface area contributed by atoms with Crippen LogP contribution in [-0.2, 0) is 0 Å². The Morgan fingerprint density at radius 1 is 1.47 bits per heavy atom. The Labute approximate surface area is 90.1 Å². The predicted molar refractivity (Wildman–Crippen MR) is 59.1 cm³/mol. The molecule has 1 saturated carbocycles. The molecule has 15 heavy (non-hydrogen) atoms. The number of aromatic nitrogens is 2. The van der Waals surface area contributed by atoms with E-state index in [1.165, 1.54) is 12.8 Å². The molecule has 0 aliphatic heterocycles. The quantitative estimate of drug-likeness (QED) is 0.804. The van der Waals surface area contributed by atoms with E-state index in [0.29, 0.717) is 12.5 Å². The second-order valence-corrected chi connectivity index (χ2v) is 4.28. The lowest BCUT2D eigenvalue weighted by Crippen LogP contribution is -2.17. The minimum atomic E-state index is 0.246. The summed E-state index contributed by atoms with van der Waals surface area (Å²) in [6.45, 7) is 4.97. The second kappa shape index (κ2) is 4.04. The Balaban J connectivity index is 1.98. The first-order valence-electron chi connectivity index (χ1n) is 5.45. The number of rotatable bonds is 5. The van der Waals surface area contributed by atoms with Crippen molar-refractivity contribution in [1.82, 2.24) is 9.97 Å². The van der Waals surface area contributed by atoms with Gasteiger partial charge in [0, 0.05) is 11.6 Å². The highest BCUT2D eigenvalue weighted by atomic mass is 16.5. The molecule has 82 valence electrons. The molecule has 1 aliphatic carbocycles. The third-order valence-electron chi connectivity index (χ3n) is 2.53. The van der Waals surface area contributed by atoms with Gasteiger partial charge in [0.05, 0.1) is 6.61 Å². The average molecular weight is 207 g/mol. The summed E-state index contributed by atoms with van der Waals surface area (Å²) in [7, 11) is 0. The van der Waals surface area contributed by atoms with Crippen LogP contribution in [-0.4, -0.2) is 22.1 Å². The number of hydrogen-bond donors (Lipinski definition) is 1. The van der Waals surface area contributed by atoms with Crippen molar-refractivity contribution in [2.24, 2.45) is 0 Å². The maximum Gasteiger partial charge on any atom is 0.218 e. The van der Waals surface area contributed by atoms with Gasteiger partial charge in [-0.25, -0.2) is 9.97 Å². The zero-order valence-electron chi connectivity index (χ0n) is 9.29. The Kier molecular flexibility index (Phi) is 2.75. The molecule has 4 nitrogen and oxygen atoms in total. The second-order valence-electron chi connectivity index (χ2n) is 4.28. The summed E-state index contributed by atoms with van der Waals surface area (Å²) >= 11 is 0. The van der Waals surface area contributed by atoms with Crippen LogP contribution in [0.5, 0.6) is 5.88 Å². The highest BCUT2D eigenvalue weighted by molar-refractivity contribution is 5.41. The topological polar surface area (TPSA) is 47.0 Å². The van der Waals surface area contributed by atoms with Gasteiger partial charge in [-0.3, -0.25) is 0 Å². The van der Waals surface area contributed by atoms with Crippen molar-refractivity contribution in [2.45, 2.75) is 38.6 Å². The third kappa shape index (κ3) is 2.81. The van der Waals surface area contributed by atoms with Gasteiger partial charge in [0.25, 0.3) is 0 Å². The Hall–Kier alpha value is -1.32. The predicted octanol–water partition coefficient (Wildman–Crippen LogP) is 2.23. The maximum absolute atomic E-state index is 5.44. The van der Waals surface area contributed by atoms with Crippen LogP contribution >= 0.6 is 0 Å². The Morgan fingerprint density at radius 2 is 2.27 bits per heavy atom. The van der Waals surface area contributed by atoms with Crippen LogP contribution in [0, 0.1) is 0 Å². The SMILES string of the molecule is CCCOc1cc(NC2(C)CC2)ncn1. The van der Waals surface area contributed by atoms with Gasteiger partial charge in [-0.2, -0.15) is 0 Å². The minimum Gasteiger partial charge on any atom is -0.478 e. The Bertz CT molecular complexity index is 336. The largest absolute Gasteiger partial charge is 0.478 e. The van der Waals surface area contributed by atoms with Crippen molar-refractivity contribution in [3.8, 4) is 5.88 Å². The molecule has 1 heterocycles. The van der Waals surface area contributed by atoms with Crippen molar-refractivity contribution in [3.05, 3.63) is 12.4 Å². The zero-order valence-corrected chi connectivity index (χ0v) is 9.29. The number of hydrogen-bond acceptors (Lipinski definition) is 4. The van der Waals surface area contributed by atoms with Gasteiger partial charge in [0.2, 0.25) is 5.88 Å². The molecular formula is C11H17N3O. The fourth-order valence-corrected chi connectivity index (χ4v) is 1.32. The molecule has 0 bridgehead atoms. The average Bonchev–Trinajstić information content (AvgIpc) is 2.93. The molecule has 1 aromatic rings. The van der Waals surface area contributed by atoms with Crippen molar-refractivity contribution in [1.29, 1.82) is 0 Å². The van der Waals surface area contributed by atoms with Crippen LogP contribution in [0.4, 0.5) is 5.82 Å². The first-order valence-corrected chi connectivity index (χ1v) is 5.45. The van der Waals surface area contributed by atoms with Gasteiger partial charge in [-0.15, -0.1) is 0 Å². The molecule has 0 amide bonds. The molecule has 0 unspecified atom stereocenters. The van der Waals surface area contributed by atoms with Gasteiger partial charge in [0.15, 0.2) is 0 Å². The van der Waals surface area contributed by atoms with E-state index < -0.39 is 0 Å². The number of nitrogens with one attached hydrogen (secondary N) is 1. The van der Waals surface area contributed by atoms with Crippen molar-refractivity contribution < 1.29 is 4.74 Å². The summed E-state index contributed by atoms with van der Waals surface area (Å²) in [6, 6.07) is 1.86. The minimum absolute atomic E-state index is 0.246. The van der Waals surface area contributed by atoms with E-state index in [0.717, 1.165) is 12.2 Å². The van der Waals surface area contributed by atoms with Crippen molar-refractivity contribution in [2.75, 3.05) is 11.9 Å². The van der Waals surface area contributed by atoms with Crippen LogP contribution in [0.3, 0.4) is 0 Å². The van der Waals surface area contributed by atoms with E-state index in [1.807, 2.05) is 6.07 Å². The van der Waals surface area contributed by atoms with E-state index in [-0.39, 0.29) is 5.54 Å². The lowest BCUT2D eigenvalue weighted by atomic mass is 10.3. The summed E-state index contributed by atoms with van der Waals surface area (Å²) in [5.41, 5.74) is 0.246. The van der Waals surface area contributed by atoms with Crippen LogP contribution in [0.15, 0.2) is 12.4 Å². The zero-order chi connectivity index (χ0) is 10.7. The van der Waals surface area contributed by atoms with Gasteiger partial charge in [-0.1, -0.05) is 6.92 Å². The Morgan fingerprint density at radius 3 is 2.93 bits per heavy atom. The summed E-state index contributed by atoms with van der Waals surface area (Å²) < 4.78 is 5.44. The summed E-state index contributed by atoms with van der Waals surface area (Å²) in [4.78, 5) is 8.22. The molecule has 1 fully saturated rings. The van der Waals surface area contributed by atoms with Gasteiger partial charge in [0.1, 0.15) is 12.1 Å². The fraction of sp³-hybridized carbons (Fsp3) is 0.636. The van der Waals surface area contributed by atoms with E-state index in [1.54, 1.807) is 6.33 Å². The maximum atomic E-state index is 5.44. The van der Waals surface area contributed by atoms with E-state index >= 15 is 0 Å². The standard InChI is InChI=1S/C11H17N3O/c1-3-6-15-10-7-9(12-8-13-10)14-11(2)4-5-11/h7-8H,3-6H2,1-2H3,(H,12,13,14). The fourth-order valence-electron chi connectivity index (χ4n) is 1.32. The van der Waals surface area contributed by atoms with E-state index in [2.05, 4.69) is 29.1 Å². The van der Waals surface area contributed by atoms with Crippen molar-refractivity contribution in [3.63, 3.8) is 0 Å². The first kappa shape index (κ1) is 10.2. The van der Waals surface area contributed by atoms with Crippen LogP contribution in [0.2, 0.25) is 0 Å². The molecule has 4 heteroatoms. The molecule has 0 saturated heterocycles. The smallest absolute Gasteiger partial charge is 0.218 e. The van der Waals surface area contributed by atoms with Crippen LogP contribution in [0.1, 0.15) is 33.1 Å². The third-order valence-corrected chi connectivity index (χ3v) is 2.53. The normalized spacial score (nSPS) is 17.2. The van der Waals surface area contributed by atoms with Crippen molar-refractivity contribution >= 4 is 5.82 Å². The molecule has 1 aromatic heterocycles. The summed E-state index contributed by atoms with van der Waals surface area (Å²) in [5.74, 6) is 1.51. The molecule has 0 aromatic carbocycles. The van der Waals surface area contributed by atoms with Crippen LogP contribution < -0.4 is 10.1 Å². The molecule has 1 aliphatic rings. The highest BCUT2D eigenvalue weighted by Gasteiger charge is 2.37. The molecule has 0 spiro atoms. The number of anilines is 1. The molecule has 2 rings (SSSR count). The molecule has 1 N–H and O–H groups in total. The number of nitrogens with zero attached hydrogens (tertiary/aromatic N) is 2. The first-order chi connectivity index (χ1) is 7.22. The van der Waals surface area contributed by atoms with E-state index in [9.17, 15) is 0 Å². The van der Waals surface area contributed by atoms with Gasteiger partial charge < -0.3 is 10.1 Å². The molecule has 0 atom stereocenters. The lowest BCUT2D eigenvalue weighted by Gasteiger charge is -2.12.